The fourth-order valence-corrected chi connectivity index (χ4v) is 2.85. The van der Waals surface area contributed by atoms with Crippen LogP contribution in [0, 0.1) is 13.8 Å². The Kier molecular flexibility index (Phi) is 4.43. The second-order valence-corrected chi connectivity index (χ2v) is 5.04. The summed E-state index contributed by atoms with van der Waals surface area (Å²) in [6.45, 7) is 3.40. The summed E-state index contributed by atoms with van der Waals surface area (Å²) in [7, 11) is -4.25. The minimum atomic E-state index is -4.25. The molecule has 0 radical (unpaired) electrons. The molecule has 0 saturated heterocycles. The molecule has 0 aliphatic heterocycles. The predicted molar refractivity (Wildman–Crippen MR) is 41.8 cm³/mol. The van der Waals surface area contributed by atoms with E-state index < -0.39 is 10.1 Å². The summed E-state index contributed by atoms with van der Waals surface area (Å²) in [5.41, 5.74) is 0. The molecule has 1 aromatic rings. The first-order valence-electron chi connectivity index (χ1n) is 2.94. The summed E-state index contributed by atoms with van der Waals surface area (Å²) < 4.78 is 31.6. The Morgan fingerprint density at radius 2 is 1.92 bits per heavy atom. The Labute approximate surface area is 97.8 Å². The second-order valence-electron chi connectivity index (χ2n) is 2.23. The predicted octanol–water partition coefficient (Wildman–Crippen LogP) is -1.73. The molecule has 0 spiro atoms. The van der Waals surface area contributed by atoms with E-state index in [1.807, 2.05) is 0 Å². The average molecular weight is 214 g/mol. The van der Waals surface area contributed by atoms with Crippen LogP contribution in [0.15, 0.2) is 11.0 Å². The molecule has 1 rings (SSSR count). The zero-order valence-electron chi connectivity index (χ0n) is 7.12. The molecule has 0 atom stereocenters. The molecule has 6 heteroatoms. The molecule has 3 nitrogen and oxygen atoms in total. The van der Waals surface area contributed by atoms with Crippen LogP contribution in [0.3, 0.4) is 0 Å². The van der Waals surface area contributed by atoms with E-state index in [1.165, 1.54) is 17.4 Å². The molecule has 0 unspecified atom stereocenters. The van der Waals surface area contributed by atoms with Crippen molar-refractivity contribution in [2.45, 2.75) is 18.7 Å². The van der Waals surface area contributed by atoms with E-state index in [9.17, 15) is 13.0 Å². The molecule has 1 aromatic heterocycles. The molecule has 0 aromatic carbocycles. The zero-order chi connectivity index (χ0) is 8.65. The average Bonchev–Trinajstić information content (AvgIpc) is 2.08. The number of thiophene rings is 1. The molecule has 62 valence electrons. The van der Waals surface area contributed by atoms with Crippen molar-refractivity contribution in [2.24, 2.45) is 0 Å². The van der Waals surface area contributed by atoms with E-state index in [4.69, 9.17) is 0 Å². The third-order valence-corrected chi connectivity index (χ3v) is 3.32. The third-order valence-electron chi connectivity index (χ3n) is 1.26. The minimum Gasteiger partial charge on any atom is -0.744 e. The molecule has 0 aliphatic carbocycles. The van der Waals surface area contributed by atoms with Crippen LogP contribution >= 0.6 is 11.3 Å². The number of hydrogen-bond donors (Lipinski definition) is 0. The summed E-state index contributed by atoms with van der Waals surface area (Å²) in [5.74, 6) is 0. The van der Waals surface area contributed by atoms with Gasteiger partial charge in [-0.2, -0.15) is 0 Å². The van der Waals surface area contributed by atoms with E-state index in [0.717, 1.165) is 4.88 Å². The summed E-state index contributed by atoms with van der Waals surface area (Å²) in [5, 5.41) is 0. The van der Waals surface area contributed by atoms with E-state index in [-0.39, 0.29) is 34.5 Å². The minimum absolute atomic E-state index is 0. The van der Waals surface area contributed by atoms with E-state index in [2.05, 4.69) is 0 Å². The maximum absolute atomic E-state index is 10.5. The molecule has 12 heavy (non-hydrogen) atoms. The van der Waals surface area contributed by atoms with Crippen molar-refractivity contribution in [3.05, 3.63) is 15.8 Å². The van der Waals surface area contributed by atoms with Crippen molar-refractivity contribution in [3.63, 3.8) is 0 Å². The molecule has 0 bridgehead atoms. The second kappa shape index (κ2) is 4.21. The maximum Gasteiger partial charge on any atom is 1.00 e. The van der Waals surface area contributed by atoms with Crippen molar-refractivity contribution in [2.75, 3.05) is 0 Å². The topological polar surface area (TPSA) is 57.2 Å². The van der Waals surface area contributed by atoms with Crippen molar-refractivity contribution in [1.82, 2.24) is 0 Å². The first kappa shape index (κ1) is 12.6. The van der Waals surface area contributed by atoms with Gasteiger partial charge < -0.3 is 4.55 Å². The van der Waals surface area contributed by atoms with Crippen molar-refractivity contribution in [1.29, 1.82) is 0 Å². The summed E-state index contributed by atoms with van der Waals surface area (Å²) in [4.78, 5) is 1.33. The van der Waals surface area contributed by atoms with Gasteiger partial charge in [0, 0.05) is 9.75 Å². The van der Waals surface area contributed by atoms with E-state index in [0.29, 0.717) is 4.88 Å². The molecule has 0 N–H and O–H groups in total. The standard InChI is InChI=1S/C6H8O3S2.Na/c1-4-3-6(5(2)10-4)11(7,8)9;/h3H,1-2H3,(H,7,8,9);/q;+1/p-1. The molecule has 1 heterocycles. The smallest absolute Gasteiger partial charge is 0.744 e. The van der Waals surface area contributed by atoms with E-state index in [1.54, 1.807) is 13.8 Å². The van der Waals surface area contributed by atoms with E-state index >= 15 is 0 Å². The number of rotatable bonds is 1. The van der Waals surface area contributed by atoms with Gasteiger partial charge >= 0.3 is 29.6 Å². The van der Waals surface area contributed by atoms with Crippen molar-refractivity contribution in [3.8, 4) is 0 Å². The van der Waals surface area contributed by atoms with Crippen LogP contribution in [-0.2, 0) is 10.1 Å². The molecule has 0 saturated carbocycles. The number of hydrogen-bond acceptors (Lipinski definition) is 4. The Bertz CT molecular complexity index is 366. The Morgan fingerprint density at radius 3 is 2.08 bits per heavy atom. The summed E-state index contributed by atoms with van der Waals surface area (Å²) >= 11 is 1.32. The zero-order valence-corrected chi connectivity index (χ0v) is 10.8. The first-order valence-corrected chi connectivity index (χ1v) is 5.16. The van der Waals surface area contributed by atoms with Gasteiger partial charge in [-0.15, -0.1) is 11.3 Å². The van der Waals surface area contributed by atoms with Crippen LogP contribution < -0.4 is 29.6 Å². The molecule has 0 fully saturated rings. The van der Waals surface area contributed by atoms with Crippen LogP contribution in [0.5, 0.6) is 0 Å². The van der Waals surface area contributed by atoms with Crippen LogP contribution in [0.25, 0.3) is 0 Å². The van der Waals surface area contributed by atoms with Crippen LogP contribution in [-0.4, -0.2) is 13.0 Å². The first-order chi connectivity index (χ1) is 4.91. The molecule has 0 aliphatic rings. The van der Waals surface area contributed by atoms with Gasteiger partial charge in [-0.1, -0.05) is 0 Å². The molecular weight excluding hydrogens is 207 g/mol. The SMILES string of the molecule is Cc1cc(S(=O)(=O)[O-])c(C)s1.[Na+]. The third kappa shape index (κ3) is 2.83. The largest absolute Gasteiger partial charge is 1.00 e. The normalized spacial score (nSPS) is 10.9. The van der Waals surface area contributed by atoms with Crippen molar-refractivity contribution >= 4 is 21.5 Å². The van der Waals surface area contributed by atoms with Gasteiger partial charge in [-0.3, -0.25) is 0 Å². The van der Waals surface area contributed by atoms with Gasteiger partial charge in [-0.25, -0.2) is 8.42 Å². The van der Waals surface area contributed by atoms with Crippen molar-refractivity contribution < 1.29 is 42.5 Å². The number of aryl methyl sites for hydroxylation is 2. The summed E-state index contributed by atoms with van der Waals surface area (Å²) in [6, 6.07) is 1.41. The monoisotopic (exact) mass is 214 g/mol. The molecular formula is C6H7NaO3S2. The maximum atomic E-state index is 10.5. The van der Waals surface area contributed by atoms with Gasteiger partial charge in [0.2, 0.25) is 0 Å². The quantitative estimate of drug-likeness (QED) is 0.412. The van der Waals surface area contributed by atoms with Crippen LogP contribution in [0.4, 0.5) is 0 Å². The van der Waals surface area contributed by atoms with Gasteiger partial charge in [-0.05, 0) is 19.9 Å². The van der Waals surface area contributed by atoms with Gasteiger partial charge in [0.25, 0.3) is 0 Å². The van der Waals surface area contributed by atoms with Crippen LogP contribution in [0.2, 0.25) is 0 Å². The molecule has 0 amide bonds. The summed E-state index contributed by atoms with van der Waals surface area (Å²) in [6.07, 6.45) is 0. The Morgan fingerprint density at radius 1 is 1.42 bits per heavy atom. The van der Waals surface area contributed by atoms with Gasteiger partial charge in [0.05, 0.1) is 4.90 Å². The fraction of sp³-hybridized carbons (Fsp3) is 0.333. The Balaban J connectivity index is 0.00000121. The fourth-order valence-electron chi connectivity index (χ4n) is 0.856. The van der Waals surface area contributed by atoms with Gasteiger partial charge in [0.15, 0.2) is 0 Å². The van der Waals surface area contributed by atoms with Gasteiger partial charge in [0.1, 0.15) is 10.1 Å². The van der Waals surface area contributed by atoms with Crippen LogP contribution in [0.1, 0.15) is 9.75 Å². The Hall–Kier alpha value is 0.610.